The third-order valence-corrected chi connectivity index (χ3v) is 5.17. The lowest BCUT2D eigenvalue weighted by atomic mass is 10.0. The first-order chi connectivity index (χ1) is 11.7. The first-order valence-corrected chi connectivity index (χ1v) is 8.77. The van der Waals surface area contributed by atoms with E-state index < -0.39 is 26.0 Å². The Morgan fingerprint density at radius 3 is 2.48 bits per heavy atom. The van der Waals surface area contributed by atoms with Crippen LogP contribution in [0.25, 0.3) is 0 Å². The maximum absolute atomic E-state index is 12.9. The summed E-state index contributed by atoms with van der Waals surface area (Å²) < 4.78 is 73.1. The summed E-state index contributed by atoms with van der Waals surface area (Å²) in [5, 5.41) is 0. The molecule has 0 bridgehead atoms. The predicted molar refractivity (Wildman–Crippen MR) is 83.4 cm³/mol. The van der Waals surface area contributed by atoms with Gasteiger partial charge in [-0.05, 0) is 30.2 Å². The largest absolute Gasteiger partial charge is 0.502 e. The van der Waals surface area contributed by atoms with Crippen molar-refractivity contribution >= 4 is 9.84 Å². The first kappa shape index (κ1) is 17.6. The van der Waals surface area contributed by atoms with Gasteiger partial charge in [0.2, 0.25) is 0 Å². The Bertz CT molecular complexity index is 896. The molecule has 5 nitrogen and oxygen atoms in total. The quantitative estimate of drug-likeness (QED) is 0.895. The molecular weight excluding hydrogens is 359 g/mol. The second-order valence-corrected chi connectivity index (χ2v) is 7.43. The zero-order valence-corrected chi connectivity index (χ0v) is 13.6. The lowest BCUT2D eigenvalue weighted by Crippen LogP contribution is -2.33. The van der Waals surface area contributed by atoms with Gasteiger partial charge in [-0.15, -0.1) is 0 Å². The molecule has 2 N–H and O–H groups in total. The minimum Gasteiger partial charge on any atom is -0.488 e. The second-order valence-electron chi connectivity index (χ2n) is 5.52. The highest BCUT2D eigenvalue weighted by Crippen LogP contribution is 2.41. The lowest BCUT2D eigenvalue weighted by molar-refractivity contribution is -0.0436. The molecule has 0 saturated carbocycles. The molecule has 0 aliphatic carbocycles. The molecule has 0 radical (unpaired) electrons. The van der Waals surface area contributed by atoms with E-state index in [4.69, 9.17) is 15.2 Å². The van der Waals surface area contributed by atoms with E-state index >= 15 is 0 Å². The van der Waals surface area contributed by atoms with E-state index in [1.807, 2.05) is 0 Å². The van der Waals surface area contributed by atoms with Gasteiger partial charge < -0.3 is 15.2 Å². The number of rotatable bonds is 3. The molecule has 0 fully saturated rings. The Hall–Kier alpha value is -2.26. The van der Waals surface area contributed by atoms with E-state index in [-0.39, 0.29) is 18.4 Å². The molecule has 3 rings (SSSR count). The van der Waals surface area contributed by atoms with Gasteiger partial charge in [0.25, 0.3) is 9.84 Å². The van der Waals surface area contributed by atoms with E-state index in [0.29, 0.717) is 12.2 Å². The van der Waals surface area contributed by atoms with Crippen LogP contribution in [0.2, 0.25) is 0 Å². The molecular formula is C16H14F3NO4S. The van der Waals surface area contributed by atoms with Gasteiger partial charge in [-0.3, -0.25) is 0 Å². The topological polar surface area (TPSA) is 78.6 Å². The first-order valence-electron chi connectivity index (χ1n) is 7.28. The lowest BCUT2D eigenvalue weighted by Gasteiger charge is -2.24. The van der Waals surface area contributed by atoms with Crippen molar-refractivity contribution in [3.05, 3.63) is 48.0 Å². The maximum Gasteiger partial charge on any atom is 0.502 e. The summed E-state index contributed by atoms with van der Waals surface area (Å²) in [6.45, 7) is 0.232. The van der Waals surface area contributed by atoms with Crippen molar-refractivity contribution in [2.45, 2.75) is 22.9 Å². The van der Waals surface area contributed by atoms with E-state index in [9.17, 15) is 21.6 Å². The summed E-state index contributed by atoms with van der Waals surface area (Å²) in [5.41, 5.74) is 1.13. The molecule has 1 atom stereocenters. The predicted octanol–water partition coefficient (Wildman–Crippen LogP) is 3.03. The Morgan fingerprint density at radius 2 is 1.76 bits per heavy atom. The van der Waals surface area contributed by atoms with Crippen LogP contribution in [0.3, 0.4) is 0 Å². The van der Waals surface area contributed by atoms with Crippen molar-refractivity contribution in [3.8, 4) is 17.2 Å². The summed E-state index contributed by atoms with van der Waals surface area (Å²) in [7, 11) is -5.54. The highest BCUT2D eigenvalue weighted by atomic mass is 32.2. The number of nitrogens with two attached hydrogens (primary N) is 1. The van der Waals surface area contributed by atoms with E-state index in [1.54, 1.807) is 12.1 Å². The van der Waals surface area contributed by atoms with Gasteiger partial charge >= 0.3 is 5.51 Å². The SMILES string of the molecule is NC1COc2c(cccc2Oc2ccccc2S(=O)(=O)C(F)(F)F)C1. The number of halogens is 3. The Balaban J connectivity index is 2.03. The van der Waals surface area contributed by atoms with Crippen LogP contribution in [0.15, 0.2) is 47.4 Å². The summed E-state index contributed by atoms with van der Waals surface area (Å²) in [6, 6.07) is 9.29. The van der Waals surface area contributed by atoms with Crippen molar-refractivity contribution in [3.63, 3.8) is 0 Å². The number of ether oxygens (including phenoxy) is 2. The minimum absolute atomic E-state index is 0.134. The normalized spacial score (nSPS) is 17.5. The van der Waals surface area contributed by atoms with Gasteiger partial charge in [-0.1, -0.05) is 24.3 Å². The minimum atomic E-state index is -5.54. The van der Waals surface area contributed by atoms with Crippen molar-refractivity contribution in [1.82, 2.24) is 0 Å². The van der Waals surface area contributed by atoms with Crippen LogP contribution in [-0.4, -0.2) is 26.6 Å². The molecule has 0 aromatic heterocycles. The molecule has 0 saturated heterocycles. The van der Waals surface area contributed by atoms with Crippen LogP contribution in [0.1, 0.15) is 5.56 Å². The fraction of sp³-hybridized carbons (Fsp3) is 0.250. The third-order valence-electron chi connectivity index (χ3n) is 3.65. The van der Waals surface area contributed by atoms with Crippen LogP contribution in [0.4, 0.5) is 13.2 Å². The van der Waals surface area contributed by atoms with Crippen LogP contribution in [0, 0.1) is 0 Å². The maximum atomic E-state index is 12.9. The second kappa shape index (κ2) is 6.23. The Morgan fingerprint density at radius 1 is 1.08 bits per heavy atom. The van der Waals surface area contributed by atoms with Gasteiger partial charge in [0.05, 0.1) is 0 Å². The van der Waals surface area contributed by atoms with E-state index in [0.717, 1.165) is 17.7 Å². The van der Waals surface area contributed by atoms with Gasteiger partial charge in [0.15, 0.2) is 11.5 Å². The number of alkyl halides is 3. The molecule has 1 unspecified atom stereocenters. The standard InChI is InChI=1S/C16H14F3NO4S/c17-16(18,19)25(21,22)14-7-2-1-5-12(14)24-13-6-3-4-10-8-11(20)9-23-15(10)13/h1-7,11H,8-9,20H2. The number of para-hydroxylation sites is 2. The van der Waals surface area contributed by atoms with Crippen molar-refractivity contribution in [2.24, 2.45) is 5.73 Å². The highest BCUT2D eigenvalue weighted by molar-refractivity contribution is 7.92. The smallest absolute Gasteiger partial charge is 0.488 e. The molecule has 1 aliphatic rings. The fourth-order valence-electron chi connectivity index (χ4n) is 2.50. The molecule has 9 heteroatoms. The fourth-order valence-corrected chi connectivity index (χ4v) is 3.38. The monoisotopic (exact) mass is 373 g/mol. The van der Waals surface area contributed by atoms with Crippen molar-refractivity contribution < 1.29 is 31.1 Å². The number of hydrogen-bond acceptors (Lipinski definition) is 5. The van der Waals surface area contributed by atoms with E-state index in [2.05, 4.69) is 0 Å². The molecule has 2 aromatic rings. The van der Waals surface area contributed by atoms with Gasteiger partial charge in [-0.25, -0.2) is 8.42 Å². The third kappa shape index (κ3) is 3.29. The van der Waals surface area contributed by atoms with Crippen LogP contribution >= 0.6 is 0 Å². The zero-order valence-electron chi connectivity index (χ0n) is 12.8. The van der Waals surface area contributed by atoms with Gasteiger partial charge in [0.1, 0.15) is 17.3 Å². The van der Waals surface area contributed by atoms with Crippen LogP contribution in [0.5, 0.6) is 17.2 Å². The molecule has 0 spiro atoms. The number of sulfone groups is 1. The number of benzene rings is 2. The Labute approximate surface area is 142 Å². The summed E-state index contributed by atoms with van der Waals surface area (Å²) in [4.78, 5) is -0.951. The molecule has 1 aliphatic heterocycles. The van der Waals surface area contributed by atoms with Crippen molar-refractivity contribution in [2.75, 3.05) is 6.61 Å². The molecule has 0 amide bonds. The number of fused-ring (bicyclic) bond motifs is 1. The van der Waals surface area contributed by atoms with Crippen molar-refractivity contribution in [1.29, 1.82) is 0 Å². The van der Waals surface area contributed by atoms with E-state index in [1.165, 1.54) is 18.2 Å². The van der Waals surface area contributed by atoms with Gasteiger partial charge in [0, 0.05) is 6.04 Å². The average molecular weight is 373 g/mol. The summed E-state index contributed by atoms with van der Waals surface area (Å²) >= 11 is 0. The Kier molecular flexibility index (Phi) is 4.38. The summed E-state index contributed by atoms with van der Waals surface area (Å²) in [6.07, 6.45) is 0.523. The molecule has 134 valence electrons. The van der Waals surface area contributed by atoms with Crippen LogP contribution in [-0.2, 0) is 16.3 Å². The zero-order chi connectivity index (χ0) is 18.2. The molecule has 2 aromatic carbocycles. The van der Waals surface area contributed by atoms with Crippen LogP contribution < -0.4 is 15.2 Å². The molecule has 1 heterocycles. The highest BCUT2D eigenvalue weighted by Gasteiger charge is 2.48. The number of hydrogen-bond donors (Lipinski definition) is 1. The molecule has 25 heavy (non-hydrogen) atoms. The average Bonchev–Trinajstić information content (AvgIpc) is 2.54. The summed E-state index contributed by atoms with van der Waals surface area (Å²) in [5.74, 6) is 0.0596. The van der Waals surface area contributed by atoms with Gasteiger partial charge in [-0.2, -0.15) is 13.2 Å².